The van der Waals surface area contributed by atoms with Crippen LogP contribution in [0.5, 0.6) is 0 Å². The van der Waals surface area contributed by atoms with Gasteiger partial charge < -0.3 is 9.84 Å². The Morgan fingerprint density at radius 1 is 1.20 bits per heavy atom. The lowest BCUT2D eigenvalue weighted by Crippen LogP contribution is -2.40. The number of amides is 1. The third-order valence-corrected chi connectivity index (χ3v) is 5.91. The minimum Gasteiger partial charge on any atom is -0.352 e. The van der Waals surface area contributed by atoms with Gasteiger partial charge in [0.25, 0.3) is 0 Å². The number of hydrogen-bond acceptors (Lipinski definition) is 5. The molecule has 0 saturated carbocycles. The van der Waals surface area contributed by atoms with Crippen molar-refractivity contribution in [3.63, 3.8) is 0 Å². The molecule has 1 aromatic heterocycles. The monoisotopic (exact) mass is 468 g/mol. The van der Waals surface area contributed by atoms with Crippen LogP contribution in [0.15, 0.2) is 57.5 Å². The topological polar surface area (TPSA) is 71.3 Å². The molecule has 7 heteroatoms. The number of aryl methyl sites for hydroxylation is 1. The van der Waals surface area contributed by atoms with Crippen molar-refractivity contribution in [2.75, 3.05) is 13.1 Å². The lowest BCUT2D eigenvalue weighted by Gasteiger charge is -2.30. The quantitative estimate of drug-likeness (QED) is 0.582. The summed E-state index contributed by atoms with van der Waals surface area (Å²) in [5.74, 6) is 1.40. The summed E-state index contributed by atoms with van der Waals surface area (Å²) in [5, 5.41) is 7.18. The Balaban J connectivity index is 1.25. The third-order valence-electron chi connectivity index (χ3n) is 5.42. The summed E-state index contributed by atoms with van der Waals surface area (Å²) < 4.78 is 6.42. The Morgan fingerprint density at radius 3 is 2.77 bits per heavy atom. The van der Waals surface area contributed by atoms with Gasteiger partial charge >= 0.3 is 0 Å². The molecule has 30 heavy (non-hydrogen) atoms. The van der Waals surface area contributed by atoms with E-state index >= 15 is 0 Å². The zero-order chi connectivity index (χ0) is 20.9. The highest BCUT2D eigenvalue weighted by Crippen LogP contribution is 2.22. The van der Waals surface area contributed by atoms with E-state index in [1.54, 1.807) is 0 Å². The fourth-order valence-electron chi connectivity index (χ4n) is 3.76. The molecule has 0 radical (unpaired) electrons. The third kappa shape index (κ3) is 5.34. The fourth-order valence-corrected chi connectivity index (χ4v) is 4.16. The maximum Gasteiger partial charge on any atom is 0.241 e. The number of benzene rings is 2. The molecule has 156 valence electrons. The predicted molar refractivity (Wildman–Crippen MR) is 118 cm³/mol. The highest BCUT2D eigenvalue weighted by molar-refractivity contribution is 9.10. The van der Waals surface area contributed by atoms with Gasteiger partial charge in [0.05, 0.1) is 6.54 Å². The SMILES string of the molecule is Cc1cccc(CNC(=O)C2CCN(Cc3nc(-c4cccc(Br)c4)no3)CC2)c1. The van der Waals surface area contributed by atoms with Gasteiger partial charge in [0, 0.05) is 22.5 Å². The van der Waals surface area contributed by atoms with E-state index in [4.69, 9.17) is 4.52 Å². The number of carbonyl (C=O) groups excluding carboxylic acids is 1. The fraction of sp³-hybridized carbons (Fsp3) is 0.348. The van der Waals surface area contributed by atoms with E-state index in [0.717, 1.165) is 41.5 Å². The number of aromatic nitrogens is 2. The van der Waals surface area contributed by atoms with Crippen molar-refractivity contribution in [3.8, 4) is 11.4 Å². The first kappa shape index (κ1) is 20.8. The summed E-state index contributed by atoms with van der Waals surface area (Å²) in [6.45, 7) is 4.94. The average Bonchev–Trinajstić information content (AvgIpc) is 3.21. The lowest BCUT2D eigenvalue weighted by atomic mass is 9.96. The normalized spacial score (nSPS) is 15.3. The summed E-state index contributed by atoms with van der Waals surface area (Å²) in [6, 6.07) is 16.1. The largest absolute Gasteiger partial charge is 0.352 e. The second kappa shape index (κ2) is 9.53. The van der Waals surface area contributed by atoms with Gasteiger partial charge in [-0.05, 0) is 50.6 Å². The van der Waals surface area contributed by atoms with Gasteiger partial charge in [-0.1, -0.05) is 63.0 Å². The molecule has 2 aromatic carbocycles. The van der Waals surface area contributed by atoms with Crippen LogP contribution >= 0.6 is 15.9 Å². The Kier molecular flexibility index (Phi) is 6.59. The van der Waals surface area contributed by atoms with Crippen LogP contribution in [0, 0.1) is 12.8 Å². The van der Waals surface area contributed by atoms with E-state index in [-0.39, 0.29) is 11.8 Å². The molecule has 2 heterocycles. The Bertz CT molecular complexity index is 1010. The molecule has 1 amide bonds. The minimum atomic E-state index is 0.0611. The highest BCUT2D eigenvalue weighted by atomic mass is 79.9. The van der Waals surface area contributed by atoms with E-state index in [9.17, 15) is 4.79 Å². The van der Waals surface area contributed by atoms with Crippen LogP contribution in [-0.4, -0.2) is 34.0 Å². The summed E-state index contributed by atoms with van der Waals surface area (Å²) in [6.07, 6.45) is 1.68. The average molecular weight is 469 g/mol. The number of likely N-dealkylation sites (tertiary alicyclic amines) is 1. The van der Waals surface area contributed by atoms with Crippen LogP contribution in [0.2, 0.25) is 0 Å². The molecule has 4 rings (SSSR count). The maximum atomic E-state index is 12.5. The number of nitrogens with one attached hydrogen (secondary N) is 1. The van der Waals surface area contributed by atoms with Crippen LogP contribution in [-0.2, 0) is 17.9 Å². The van der Waals surface area contributed by atoms with E-state index in [2.05, 4.69) is 55.3 Å². The molecule has 1 aliphatic rings. The van der Waals surface area contributed by atoms with Gasteiger partial charge in [0.15, 0.2) is 0 Å². The molecule has 3 aromatic rings. The van der Waals surface area contributed by atoms with E-state index < -0.39 is 0 Å². The second-order valence-electron chi connectivity index (χ2n) is 7.78. The molecule has 6 nitrogen and oxygen atoms in total. The van der Waals surface area contributed by atoms with Crippen molar-refractivity contribution >= 4 is 21.8 Å². The molecular weight excluding hydrogens is 444 g/mol. The minimum absolute atomic E-state index is 0.0611. The molecule has 1 aliphatic heterocycles. The molecule has 1 fully saturated rings. The first-order valence-corrected chi connectivity index (χ1v) is 11.0. The van der Waals surface area contributed by atoms with Crippen molar-refractivity contribution in [1.82, 2.24) is 20.4 Å². The van der Waals surface area contributed by atoms with Crippen LogP contribution in [0.1, 0.15) is 29.9 Å². The molecule has 0 atom stereocenters. The van der Waals surface area contributed by atoms with E-state index in [0.29, 0.717) is 24.8 Å². The number of carbonyl (C=O) groups is 1. The molecule has 1 saturated heterocycles. The Morgan fingerprint density at radius 2 is 2.00 bits per heavy atom. The number of piperidine rings is 1. The van der Waals surface area contributed by atoms with Gasteiger partial charge in [0.2, 0.25) is 17.6 Å². The van der Waals surface area contributed by atoms with Crippen molar-refractivity contribution in [3.05, 3.63) is 70.0 Å². The van der Waals surface area contributed by atoms with Crippen molar-refractivity contribution in [2.45, 2.75) is 32.9 Å². The van der Waals surface area contributed by atoms with Crippen molar-refractivity contribution in [1.29, 1.82) is 0 Å². The summed E-state index contributed by atoms with van der Waals surface area (Å²) in [5.41, 5.74) is 3.26. The van der Waals surface area contributed by atoms with Crippen LogP contribution in [0.3, 0.4) is 0 Å². The first-order valence-electron chi connectivity index (χ1n) is 10.2. The van der Waals surface area contributed by atoms with E-state index in [1.165, 1.54) is 5.56 Å². The zero-order valence-electron chi connectivity index (χ0n) is 17.0. The van der Waals surface area contributed by atoms with Gasteiger partial charge in [-0.2, -0.15) is 4.98 Å². The summed E-state index contributed by atoms with van der Waals surface area (Å²) in [7, 11) is 0. The van der Waals surface area contributed by atoms with Crippen molar-refractivity contribution < 1.29 is 9.32 Å². The standard InChI is InChI=1S/C23H25BrN4O2/c1-16-4-2-5-17(12-16)14-25-23(29)18-8-10-28(11-9-18)15-21-26-22(27-30-21)19-6-3-7-20(24)13-19/h2-7,12-13,18H,8-11,14-15H2,1H3,(H,25,29). The first-order chi connectivity index (χ1) is 14.6. The van der Waals surface area contributed by atoms with E-state index in [1.807, 2.05) is 36.4 Å². The number of nitrogens with zero attached hydrogens (tertiary/aromatic N) is 3. The zero-order valence-corrected chi connectivity index (χ0v) is 18.6. The predicted octanol–water partition coefficient (Wildman–Crippen LogP) is 4.34. The van der Waals surface area contributed by atoms with Crippen LogP contribution in [0.25, 0.3) is 11.4 Å². The second-order valence-corrected chi connectivity index (χ2v) is 8.70. The molecular formula is C23H25BrN4O2. The molecule has 0 aliphatic carbocycles. The lowest BCUT2D eigenvalue weighted by molar-refractivity contribution is -0.126. The number of rotatable bonds is 6. The molecule has 0 unspecified atom stereocenters. The Hall–Kier alpha value is -2.51. The van der Waals surface area contributed by atoms with Gasteiger partial charge in [-0.3, -0.25) is 9.69 Å². The number of halogens is 1. The molecule has 1 N–H and O–H groups in total. The van der Waals surface area contributed by atoms with Crippen molar-refractivity contribution in [2.24, 2.45) is 5.92 Å². The van der Waals surface area contributed by atoms with Crippen LogP contribution in [0.4, 0.5) is 0 Å². The van der Waals surface area contributed by atoms with Gasteiger partial charge in [0.1, 0.15) is 0 Å². The summed E-state index contributed by atoms with van der Waals surface area (Å²) >= 11 is 3.46. The maximum absolute atomic E-state index is 12.5. The Labute approximate surface area is 184 Å². The molecule has 0 bridgehead atoms. The summed E-state index contributed by atoms with van der Waals surface area (Å²) in [4.78, 5) is 19.3. The van der Waals surface area contributed by atoms with Crippen LogP contribution < -0.4 is 5.32 Å². The molecule has 0 spiro atoms. The highest BCUT2D eigenvalue weighted by Gasteiger charge is 2.26. The van der Waals surface area contributed by atoms with Gasteiger partial charge in [-0.15, -0.1) is 0 Å². The number of hydrogen-bond donors (Lipinski definition) is 1. The smallest absolute Gasteiger partial charge is 0.241 e. The van der Waals surface area contributed by atoms with Gasteiger partial charge in [-0.25, -0.2) is 0 Å².